The number of rotatable bonds is 5. The molecule has 0 saturated carbocycles. The molecule has 0 amide bonds. The van der Waals surface area contributed by atoms with Crippen molar-refractivity contribution in [2.75, 3.05) is 18.1 Å². The Kier molecular flexibility index (Phi) is 5.41. The summed E-state index contributed by atoms with van der Waals surface area (Å²) in [6.45, 7) is 5.03. The van der Waals surface area contributed by atoms with E-state index in [1.807, 2.05) is 24.5 Å². The van der Waals surface area contributed by atoms with Crippen LogP contribution in [0.2, 0.25) is 0 Å². The second-order valence-corrected chi connectivity index (χ2v) is 7.38. The highest BCUT2D eigenvalue weighted by Gasteiger charge is 2.33. The maximum Gasteiger partial charge on any atom is 0.0930 e. The standard InChI is InChI=1S/C17H24O2S/c1-3-17(9-11-20(18)12-10-17)14-19-13-15(2)16-7-5-4-6-8-16/h4-8,13H,3,9-12,14H2,1-2H3/b15-13-. The highest BCUT2D eigenvalue weighted by Crippen LogP contribution is 2.35. The molecule has 20 heavy (non-hydrogen) atoms. The molecular formula is C17H24O2S. The van der Waals surface area contributed by atoms with Gasteiger partial charge in [0.25, 0.3) is 0 Å². The maximum atomic E-state index is 11.5. The molecule has 2 rings (SSSR count). The summed E-state index contributed by atoms with van der Waals surface area (Å²) in [6.07, 6.45) is 5.02. The third kappa shape index (κ3) is 3.95. The number of ether oxygens (including phenoxy) is 1. The average Bonchev–Trinajstić information content (AvgIpc) is 2.50. The Morgan fingerprint density at radius 2 is 1.95 bits per heavy atom. The van der Waals surface area contributed by atoms with Gasteiger partial charge >= 0.3 is 0 Å². The van der Waals surface area contributed by atoms with E-state index in [0.29, 0.717) is 0 Å². The lowest BCUT2D eigenvalue weighted by atomic mass is 9.80. The first kappa shape index (κ1) is 15.3. The first-order valence-electron chi connectivity index (χ1n) is 7.34. The van der Waals surface area contributed by atoms with Gasteiger partial charge < -0.3 is 4.74 Å². The third-order valence-corrected chi connectivity index (χ3v) is 5.67. The fourth-order valence-corrected chi connectivity index (χ4v) is 4.13. The predicted octanol–water partition coefficient (Wildman–Crippen LogP) is 4.00. The molecule has 1 aromatic rings. The van der Waals surface area contributed by atoms with E-state index in [-0.39, 0.29) is 5.41 Å². The largest absolute Gasteiger partial charge is 0.500 e. The predicted molar refractivity (Wildman–Crippen MR) is 85.9 cm³/mol. The van der Waals surface area contributed by atoms with E-state index in [2.05, 4.69) is 26.0 Å². The second-order valence-electron chi connectivity index (χ2n) is 5.68. The molecule has 1 aliphatic rings. The summed E-state index contributed by atoms with van der Waals surface area (Å²) in [7, 11) is -0.603. The summed E-state index contributed by atoms with van der Waals surface area (Å²) >= 11 is 0. The molecule has 1 aliphatic heterocycles. The molecule has 0 atom stereocenters. The Bertz CT molecular complexity index is 469. The maximum absolute atomic E-state index is 11.5. The van der Waals surface area contributed by atoms with Gasteiger partial charge in [-0.2, -0.15) is 0 Å². The molecule has 2 nitrogen and oxygen atoms in total. The lowest BCUT2D eigenvalue weighted by molar-refractivity contribution is 0.0941. The van der Waals surface area contributed by atoms with Crippen molar-refractivity contribution in [2.45, 2.75) is 33.1 Å². The van der Waals surface area contributed by atoms with Crippen molar-refractivity contribution in [1.29, 1.82) is 0 Å². The number of allylic oxidation sites excluding steroid dienone is 1. The van der Waals surface area contributed by atoms with E-state index in [1.54, 1.807) is 0 Å². The van der Waals surface area contributed by atoms with Crippen molar-refractivity contribution in [2.24, 2.45) is 5.41 Å². The monoisotopic (exact) mass is 292 g/mol. The zero-order valence-corrected chi connectivity index (χ0v) is 13.2. The normalized spacial score (nSPS) is 27.3. The molecule has 0 aliphatic carbocycles. The molecule has 110 valence electrons. The van der Waals surface area contributed by atoms with Crippen LogP contribution in [-0.4, -0.2) is 22.3 Å². The zero-order chi connectivity index (χ0) is 14.4. The molecule has 0 radical (unpaired) electrons. The first-order chi connectivity index (χ1) is 9.65. The van der Waals surface area contributed by atoms with Crippen LogP contribution in [0.4, 0.5) is 0 Å². The molecular weight excluding hydrogens is 268 g/mol. The second kappa shape index (κ2) is 7.07. The minimum Gasteiger partial charge on any atom is -0.500 e. The van der Waals surface area contributed by atoms with Gasteiger partial charge in [0.1, 0.15) is 0 Å². The Morgan fingerprint density at radius 3 is 2.55 bits per heavy atom. The Labute approximate surface area is 124 Å². The van der Waals surface area contributed by atoms with Crippen LogP contribution in [0, 0.1) is 5.41 Å². The van der Waals surface area contributed by atoms with Crippen molar-refractivity contribution in [3.8, 4) is 0 Å². The molecule has 0 N–H and O–H groups in total. The smallest absolute Gasteiger partial charge is 0.0930 e. The summed E-state index contributed by atoms with van der Waals surface area (Å²) in [5.74, 6) is 1.66. The molecule has 0 unspecified atom stereocenters. The minimum atomic E-state index is -0.603. The summed E-state index contributed by atoms with van der Waals surface area (Å²) in [5.41, 5.74) is 2.57. The van der Waals surface area contributed by atoms with E-state index < -0.39 is 10.8 Å². The van der Waals surface area contributed by atoms with Crippen LogP contribution in [0.25, 0.3) is 5.57 Å². The van der Waals surface area contributed by atoms with E-state index in [0.717, 1.165) is 42.9 Å². The van der Waals surface area contributed by atoms with E-state index >= 15 is 0 Å². The highest BCUT2D eigenvalue weighted by molar-refractivity contribution is 7.85. The van der Waals surface area contributed by atoms with Gasteiger partial charge in [-0.25, -0.2) is 0 Å². The van der Waals surface area contributed by atoms with Crippen molar-refractivity contribution in [3.05, 3.63) is 42.2 Å². The van der Waals surface area contributed by atoms with Gasteiger partial charge in [0, 0.05) is 27.7 Å². The minimum absolute atomic E-state index is 0.224. The summed E-state index contributed by atoms with van der Waals surface area (Å²) in [6, 6.07) is 10.3. The van der Waals surface area contributed by atoms with Crippen LogP contribution in [0.3, 0.4) is 0 Å². The van der Waals surface area contributed by atoms with Crippen LogP contribution in [0.15, 0.2) is 36.6 Å². The van der Waals surface area contributed by atoms with Gasteiger partial charge in [0.05, 0.1) is 12.9 Å². The Morgan fingerprint density at radius 1 is 1.30 bits per heavy atom. The third-order valence-electron chi connectivity index (χ3n) is 4.35. The fraction of sp³-hybridized carbons (Fsp3) is 0.529. The van der Waals surface area contributed by atoms with Crippen LogP contribution >= 0.6 is 0 Å². The highest BCUT2D eigenvalue weighted by atomic mass is 32.2. The zero-order valence-electron chi connectivity index (χ0n) is 12.4. The van der Waals surface area contributed by atoms with Crippen LogP contribution in [0.5, 0.6) is 0 Å². The molecule has 0 bridgehead atoms. The van der Waals surface area contributed by atoms with Crippen molar-refractivity contribution >= 4 is 16.4 Å². The first-order valence-corrected chi connectivity index (χ1v) is 8.83. The SMILES string of the molecule is CCC1(CO/C=C(/C)c2ccccc2)CCS(=O)CC1. The molecule has 1 heterocycles. The number of benzene rings is 1. The number of hydrogen-bond donors (Lipinski definition) is 0. The van der Waals surface area contributed by atoms with Gasteiger partial charge in [-0.15, -0.1) is 0 Å². The molecule has 1 aromatic carbocycles. The number of hydrogen-bond acceptors (Lipinski definition) is 2. The topological polar surface area (TPSA) is 26.3 Å². The van der Waals surface area contributed by atoms with Crippen molar-refractivity contribution < 1.29 is 8.95 Å². The summed E-state index contributed by atoms with van der Waals surface area (Å²) in [5, 5.41) is 0. The van der Waals surface area contributed by atoms with Gasteiger partial charge in [0.2, 0.25) is 0 Å². The van der Waals surface area contributed by atoms with Crippen molar-refractivity contribution in [3.63, 3.8) is 0 Å². The molecule has 1 fully saturated rings. The Balaban J connectivity index is 1.92. The molecule has 0 aromatic heterocycles. The lowest BCUT2D eigenvalue weighted by Gasteiger charge is -2.35. The van der Waals surface area contributed by atoms with E-state index in [1.165, 1.54) is 5.56 Å². The van der Waals surface area contributed by atoms with Gasteiger partial charge in [-0.3, -0.25) is 4.21 Å². The molecule has 0 spiro atoms. The van der Waals surface area contributed by atoms with E-state index in [9.17, 15) is 4.21 Å². The van der Waals surface area contributed by atoms with Crippen LogP contribution in [-0.2, 0) is 15.5 Å². The van der Waals surface area contributed by atoms with Crippen LogP contribution in [0.1, 0.15) is 38.7 Å². The summed E-state index contributed by atoms with van der Waals surface area (Å²) in [4.78, 5) is 0. The molecule has 3 heteroatoms. The lowest BCUT2D eigenvalue weighted by Crippen LogP contribution is -2.34. The van der Waals surface area contributed by atoms with Gasteiger partial charge in [0.15, 0.2) is 0 Å². The van der Waals surface area contributed by atoms with Crippen molar-refractivity contribution in [1.82, 2.24) is 0 Å². The molecule has 1 saturated heterocycles. The quantitative estimate of drug-likeness (QED) is 0.767. The van der Waals surface area contributed by atoms with Gasteiger partial charge in [-0.1, -0.05) is 37.3 Å². The average molecular weight is 292 g/mol. The Hall–Kier alpha value is -1.09. The van der Waals surface area contributed by atoms with Crippen LogP contribution < -0.4 is 0 Å². The summed E-state index contributed by atoms with van der Waals surface area (Å²) < 4.78 is 17.3. The fourth-order valence-electron chi connectivity index (χ4n) is 2.60. The van der Waals surface area contributed by atoms with E-state index in [4.69, 9.17) is 4.74 Å². The van der Waals surface area contributed by atoms with Gasteiger partial charge in [-0.05, 0) is 37.3 Å².